The molecular formula is C16H19NO3. The van der Waals surface area contributed by atoms with E-state index in [1.807, 2.05) is 30.3 Å². The maximum Gasteiger partial charge on any atom is 0.306 e. The molecular weight excluding hydrogens is 254 g/mol. The number of rotatable bonds is 4. The molecule has 1 amide bonds. The molecule has 1 aromatic carbocycles. The molecule has 2 aliphatic carbocycles. The summed E-state index contributed by atoms with van der Waals surface area (Å²) in [6.45, 7) is 0. The molecule has 2 N–H and O–H groups in total. The number of benzene rings is 1. The van der Waals surface area contributed by atoms with E-state index in [-0.39, 0.29) is 23.3 Å². The van der Waals surface area contributed by atoms with Crippen molar-refractivity contribution in [2.75, 3.05) is 0 Å². The number of carboxylic acids is 1. The van der Waals surface area contributed by atoms with Crippen LogP contribution < -0.4 is 5.32 Å². The van der Waals surface area contributed by atoms with Crippen LogP contribution in [0.2, 0.25) is 0 Å². The van der Waals surface area contributed by atoms with Crippen molar-refractivity contribution in [3.8, 4) is 0 Å². The maximum atomic E-state index is 12.6. The molecule has 1 aromatic rings. The highest BCUT2D eigenvalue weighted by Gasteiger charge is 2.47. The molecule has 0 spiro atoms. The Morgan fingerprint density at radius 1 is 1.15 bits per heavy atom. The lowest BCUT2D eigenvalue weighted by Gasteiger charge is -2.43. The van der Waals surface area contributed by atoms with Crippen molar-refractivity contribution in [2.24, 2.45) is 5.92 Å². The van der Waals surface area contributed by atoms with Crippen molar-refractivity contribution in [1.82, 2.24) is 5.32 Å². The first-order chi connectivity index (χ1) is 9.62. The third-order valence-corrected chi connectivity index (χ3v) is 4.79. The van der Waals surface area contributed by atoms with Crippen LogP contribution in [-0.2, 0) is 15.0 Å². The van der Waals surface area contributed by atoms with Gasteiger partial charge < -0.3 is 10.4 Å². The third kappa shape index (κ3) is 2.09. The van der Waals surface area contributed by atoms with Crippen molar-refractivity contribution in [3.05, 3.63) is 35.9 Å². The SMILES string of the molecule is O=C(O)C1CC(NC(=O)C2(c3ccccc3)CCC2)C1. The van der Waals surface area contributed by atoms with Crippen LogP contribution in [0, 0.1) is 5.92 Å². The molecule has 0 bridgehead atoms. The van der Waals surface area contributed by atoms with Gasteiger partial charge in [-0.25, -0.2) is 0 Å². The molecule has 0 atom stereocenters. The highest BCUT2D eigenvalue weighted by molar-refractivity contribution is 5.89. The topological polar surface area (TPSA) is 66.4 Å². The maximum absolute atomic E-state index is 12.6. The lowest BCUT2D eigenvalue weighted by molar-refractivity contribution is -0.146. The summed E-state index contributed by atoms with van der Waals surface area (Å²) in [7, 11) is 0. The summed E-state index contributed by atoms with van der Waals surface area (Å²) in [5.74, 6) is -0.963. The smallest absolute Gasteiger partial charge is 0.306 e. The van der Waals surface area contributed by atoms with Crippen molar-refractivity contribution in [3.63, 3.8) is 0 Å². The molecule has 0 aromatic heterocycles. The van der Waals surface area contributed by atoms with Gasteiger partial charge in [-0.3, -0.25) is 9.59 Å². The summed E-state index contributed by atoms with van der Waals surface area (Å²) in [4.78, 5) is 23.4. The summed E-state index contributed by atoms with van der Waals surface area (Å²) < 4.78 is 0. The van der Waals surface area contributed by atoms with Gasteiger partial charge in [0.15, 0.2) is 0 Å². The number of nitrogens with one attached hydrogen (secondary N) is 1. The lowest BCUT2D eigenvalue weighted by atomic mass is 9.63. The average Bonchev–Trinajstić information content (AvgIpc) is 2.32. The monoisotopic (exact) mass is 273 g/mol. The van der Waals surface area contributed by atoms with E-state index in [1.54, 1.807) is 0 Å². The largest absolute Gasteiger partial charge is 0.481 e. The zero-order valence-electron chi connectivity index (χ0n) is 11.3. The second kappa shape index (κ2) is 4.93. The highest BCUT2D eigenvalue weighted by atomic mass is 16.4. The Hall–Kier alpha value is -1.84. The molecule has 3 rings (SSSR count). The molecule has 0 saturated heterocycles. The van der Waals surface area contributed by atoms with E-state index in [1.165, 1.54) is 0 Å². The third-order valence-electron chi connectivity index (χ3n) is 4.79. The molecule has 0 aliphatic heterocycles. The second-order valence-electron chi connectivity index (χ2n) is 5.98. The Bertz CT molecular complexity index is 516. The van der Waals surface area contributed by atoms with E-state index in [4.69, 9.17) is 5.11 Å². The summed E-state index contributed by atoms with van der Waals surface area (Å²) in [6, 6.07) is 9.94. The van der Waals surface area contributed by atoms with Gasteiger partial charge in [0.25, 0.3) is 0 Å². The van der Waals surface area contributed by atoms with Crippen molar-refractivity contribution < 1.29 is 14.7 Å². The van der Waals surface area contributed by atoms with Gasteiger partial charge in [-0.05, 0) is 31.2 Å². The molecule has 0 radical (unpaired) electrons. The first kappa shape index (κ1) is 13.2. The van der Waals surface area contributed by atoms with Crippen molar-refractivity contribution in [2.45, 2.75) is 43.6 Å². The van der Waals surface area contributed by atoms with Crippen LogP contribution >= 0.6 is 0 Å². The molecule has 20 heavy (non-hydrogen) atoms. The molecule has 4 heteroatoms. The number of aliphatic carboxylic acids is 1. The fourth-order valence-corrected chi connectivity index (χ4v) is 3.20. The fraction of sp³-hybridized carbons (Fsp3) is 0.500. The van der Waals surface area contributed by atoms with Crippen LogP contribution in [0.4, 0.5) is 0 Å². The number of carbonyl (C=O) groups excluding carboxylic acids is 1. The molecule has 2 saturated carbocycles. The molecule has 0 heterocycles. The second-order valence-corrected chi connectivity index (χ2v) is 5.98. The summed E-state index contributed by atoms with van der Waals surface area (Å²) in [5.41, 5.74) is 0.702. The van der Waals surface area contributed by atoms with Crippen LogP contribution in [0.25, 0.3) is 0 Å². The van der Waals surface area contributed by atoms with E-state index < -0.39 is 5.97 Å². The predicted molar refractivity (Wildman–Crippen MR) is 74.3 cm³/mol. The first-order valence-corrected chi connectivity index (χ1v) is 7.21. The standard InChI is InChI=1S/C16H19NO3/c18-14(19)11-9-13(10-11)17-15(20)16(7-4-8-16)12-5-2-1-3-6-12/h1-3,5-6,11,13H,4,7-10H2,(H,17,20)(H,18,19). The quantitative estimate of drug-likeness (QED) is 0.882. The van der Waals surface area contributed by atoms with Gasteiger partial charge in [-0.1, -0.05) is 36.8 Å². The number of hydrogen-bond donors (Lipinski definition) is 2. The fourth-order valence-electron chi connectivity index (χ4n) is 3.20. The van der Waals surface area contributed by atoms with Gasteiger partial charge in [0.2, 0.25) is 5.91 Å². The van der Waals surface area contributed by atoms with Gasteiger partial charge >= 0.3 is 5.97 Å². The van der Waals surface area contributed by atoms with Gasteiger partial charge in [0, 0.05) is 6.04 Å². The van der Waals surface area contributed by atoms with E-state index in [9.17, 15) is 9.59 Å². The highest BCUT2D eigenvalue weighted by Crippen LogP contribution is 2.44. The van der Waals surface area contributed by atoms with Gasteiger partial charge in [0.05, 0.1) is 11.3 Å². The number of carboxylic acid groups (broad SMARTS) is 1. The normalized spacial score (nSPS) is 27.0. The Balaban J connectivity index is 1.66. The van der Waals surface area contributed by atoms with E-state index in [0.29, 0.717) is 12.8 Å². The Kier molecular flexibility index (Phi) is 3.24. The molecule has 4 nitrogen and oxygen atoms in total. The van der Waals surface area contributed by atoms with Crippen molar-refractivity contribution in [1.29, 1.82) is 0 Å². The minimum Gasteiger partial charge on any atom is -0.481 e. The van der Waals surface area contributed by atoms with Crippen LogP contribution in [0.3, 0.4) is 0 Å². The Morgan fingerprint density at radius 3 is 2.30 bits per heavy atom. The molecule has 2 aliphatic rings. The zero-order valence-corrected chi connectivity index (χ0v) is 11.3. The molecule has 106 valence electrons. The van der Waals surface area contributed by atoms with E-state index >= 15 is 0 Å². The summed E-state index contributed by atoms with van der Waals surface area (Å²) >= 11 is 0. The number of amides is 1. The first-order valence-electron chi connectivity index (χ1n) is 7.21. The average molecular weight is 273 g/mol. The van der Waals surface area contributed by atoms with Crippen molar-refractivity contribution >= 4 is 11.9 Å². The van der Waals surface area contributed by atoms with E-state index in [2.05, 4.69) is 5.32 Å². The Labute approximate surface area is 118 Å². The summed E-state index contributed by atoms with van der Waals surface area (Å²) in [6.07, 6.45) is 3.97. The van der Waals surface area contributed by atoms with Crippen LogP contribution in [-0.4, -0.2) is 23.0 Å². The zero-order chi connectivity index (χ0) is 14.2. The van der Waals surface area contributed by atoms with Crippen LogP contribution in [0.15, 0.2) is 30.3 Å². The van der Waals surface area contributed by atoms with Gasteiger partial charge in [-0.15, -0.1) is 0 Å². The van der Waals surface area contributed by atoms with Crippen LogP contribution in [0.1, 0.15) is 37.7 Å². The lowest BCUT2D eigenvalue weighted by Crippen LogP contribution is -2.55. The van der Waals surface area contributed by atoms with Crippen LogP contribution in [0.5, 0.6) is 0 Å². The Morgan fingerprint density at radius 2 is 1.80 bits per heavy atom. The minimum absolute atomic E-state index is 0.0322. The van der Waals surface area contributed by atoms with Gasteiger partial charge in [-0.2, -0.15) is 0 Å². The minimum atomic E-state index is -0.753. The number of hydrogen-bond acceptors (Lipinski definition) is 2. The molecule has 0 unspecified atom stereocenters. The van der Waals surface area contributed by atoms with Gasteiger partial charge in [0.1, 0.15) is 0 Å². The summed E-state index contributed by atoms with van der Waals surface area (Å²) in [5, 5.41) is 11.9. The van der Waals surface area contributed by atoms with E-state index in [0.717, 1.165) is 24.8 Å². The predicted octanol–water partition coefficient (Wildman–Crippen LogP) is 2.09. The number of carbonyl (C=O) groups is 2. The molecule has 2 fully saturated rings.